The largest absolute Gasteiger partial charge is 0.454 e. The van der Waals surface area contributed by atoms with Crippen molar-refractivity contribution in [2.45, 2.75) is 56.3 Å². The van der Waals surface area contributed by atoms with Gasteiger partial charge in [0.2, 0.25) is 6.04 Å². The minimum atomic E-state index is -1.68. The maximum absolute atomic E-state index is 13.5. The second-order valence-electron chi connectivity index (χ2n) is 9.58. The number of piperidine rings is 1. The number of likely N-dealkylation sites (tertiary alicyclic amines) is 1. The lowest BCUT2D eigenvalue weighted by atomic mass is 9.80. The smallest absolute Gasteiger partial charge is 0.343 e. The van der Waals surface area contributed by atoms with Crippen LogP contribution in [0.15, 0.2) is 48.8 Å². The minimum absolute atomic E-state index is 0.173. The summed E-state index contributed by atoms with van der Waals surface area (Å²) in [6.07, 6.45) is 7.70. The van der Waals surface area contributed by atoms with Crippen LogP contribution in [-0.2, 0) is 19.9 Å². The van der Waals surface area contributed by atoms with Crippen molar-refractivity contribution in [1.29, 1.82) is 0 Å². The van der Waals surface area contributed by atoms with Crippen LogP contribution in [0.3, 0.4) is 0 Å². The summed E-state index contributed by atoms with van der Waals surface area (Å²) in [6.45, 7) is 1.08. The van der Waals surface area contributed by atoms with Crippen LogP contribution in [0, 0.1) is 5.92 Å². The van der Waals surface area contributed by atoms with E-state index in [1.807, 2.05) is 25.2 Å². The van der Waals surface area contributed by atoms with Gasteiger partial charge in [0.15, 0.2) is 17.5 Å². The van der Waals surface area contributed by atoms with Gasteiger partial charge in [-0.15, -0.1) is 0 Å². The Bertz CT molecular complexity index is 967. The van der Waals surface area contributed by atoms with Gasteiger partial charge in [0.1, 0.15) is 6.54 Å². The lowest BCUT2D eigenvalue weighted by Crippen LogP contribution is -2.59. The molecule has 1 saturated carbocycles. The van der Waals surface area contributed by atoms with Crippen LogP contribution in [0.25, 0.3) is 0 Å². The first kappa shape index (κ1) is 23.3. The normalized spacial score (nSPS) is 26.3. The molecule has 3 unspecified atom stereocenters. The molecule has 0 bridgehead atoms. The summed E-state index contributed by atoms with van der Waals surface area (Å²) in [7, 11) is 1.92. The summed E-state index contributed by atoms with van der Waals surface area (Å²) in [5, 5.41) is 11.7. The Morgan fingerprint density at radius 1 is 1.09 bits per heavy atom. The Labute approximate surface area is 194 Å². The number of hydrogen-bond acceptors (Lipinski definition) is 6. The third-order valence-electron chi connectivity index (χ3n) is 7.28. The summed E-state index contributed by atoms with van der Waals surface area (Å²) >= 11 is 0. The highest BCUT2D eigenvalue weighted by Gasteiger charge is 2.50. The number of aliphatic hydroxyl groups is 1. The summed E-state index contributed by atoms with van der Waals surface area (Å²) < 4.78 is 6.24. The molecule has 1 aromatic heterocycles. The van der Waals surface area contributed by atoms with Crippen LogP contribution in [0.2, 0.25) is 0 Å². The lowest BCUT2D eigenvalue weighted by molar-refractivity contribution is -0.937. The maximum atomic E-state index is 13.5. The second-order valence-corrected chi connectivity index (χ2v) is 9.58. The van der Waals surface area contributed by atoms with E-state index in [9.17, 15) is 14.7 Å². The minimum Gasteiger partial charge on any atom is -0.454 e. The van der Waals surface area contributed by atoms with Gasteiger partial charge in [0, 0.05) is 24.7 Å². The summed E-state index contributed by atoms with van der Waals surface area (Å²) in [6, 6.07) is 10.0. The fraction of sp³-hybridized carbons (Fsp3) is 0.520. The van der Waals surface area contributed by atoms with Gasteiger partial charge in [-0.25, -0.2) is 14.8 Å². The summed E-state index contributed by atoms with van der Waals surface area (Å²) in [5.74, 6) is -0.924. The number of likely N-dealkylation sites (N-methyl/N-ethyl adjacent to an activating group) is 1. The predicted molar refractivity (Wildman–Crippen MR) is 121 cm³/mol. The number of ether oxygens (including phenoxy) is 1. The number of aromatic nitrogens is 2. The number of primary amides is 1. The van der Waals surface area contributed by atoms with Crippen LogP contribution < -0.4 is 5.73 Å². The fourth-order valence-electron chi connectivity index (χ4n) is 5.62. The average Bonchev–Trinajstić information content (AvgIpc) is 3.35. The first-order chi connectivity index (χ1) is 15.8. The van der Waals surface area contributed by atoms with Gasteiger partial charge >= 0.3 is 5.97 Å². The molecule has 3 N–H and O–H groups in total. The zero-order valence-corrected chi connectivity index (χ0v) is 19.1. The molecule has 33 heavy (non-hydrogen) atoms. The Hall–Kier alpha value is -2.84. The van der Waals surface area contributed by atoms with Crippen molar-refractivity contribution in [2.24, 2.45) is 11.7 Å². The molecule has 0 radical (unpaired) electrons. The standard InChI is InChI=1S/C25H32N4O4/c1-29(21(22(26)30)23-27-14-8-15-28-23)16-7-13-20(17-29)33-24(31)25(32,19-11-5-6-12-19)18-9-3-2-4-10-18/h2-4,8-10,14-15,19-21,32H,5-7,11-13,16-17H2,1H3,(H-,26,30)/p+1/t20-,21?,25?,29?/m1/s1. The predicted octanol–water partition coefficient (Wildman–Crippen LogP) is 2.23. The van der Waals surface area contributed by atoms with Crippen molar-refractivity contribution in [3.8, 4) is 0 Å². The second kappa shape index (κ2) is 9.57. The van der Waals surface area contributed by atoms with Crippen molar-refractivity contribution in [3.05, 3.63) is 60.2 Å². The topological polar surface area (TPSA) is 115 Å². The van der Waals surface area contributed by atoms with Crippen molar-refractivity contribution in [3.63, 3.8) is 0 Å². The molecule has 1 aliphatic carbocycles. The number of hydrogen-bond donors (Lipinski definition) is 2. The number of rotatable bonds is 7. The third-order valence-corrected chi connectivity index (χ3v) is 7.28. The Morgan fingerprint density at radius 3 is 2.39 bits per heavy atom. The van der Waals surface area contributed by atoms with Gasteiger partial charge in [-0.3, -0.25) is 4.79 Å². The van der Waals surface area contributed by atoms with Crippen LogP contribution in [0.4, 0.5) is 0 Å². The van der Waals surface area contributed by atoms with Crippen LogP contribution >= 0.6 is 0 Å². The molecule has 0 spiro atoms. The molecule has 176 valence electrons. The third kappa shape index (κ3) is 4.63. The van der Waals surface area contributed by atoms with Gasteiger partial charge in [-0.2, -0.15) is 0 Å². The molecule has 1 amide bonds. The zero-order chi connectivity index (χ0) is 23.5. The quantitative estimate of drug-likeness (QED) is 0.491. The molecule has 8 heteroatoms. The first-order valence-electron chi connectivity index (χ1n) is 11.7. The summed E-state index contributed by atoms with van der Waals surface area (Å²) in [4.78, 5) is 34.5. The molecular weight excluding hydrogens is 420 g/mol. The highest BCUT2D eigenvalue weighted by atomic mass is 16.6. The molecule has 8 nitrogen and oxygen atoms in total. The number of benzene rings is 1. The molecule has 1 aliphatic heterocycles. The number of esters is 1. The summed E-state index contributed by atoms with van der Waals surface area (Å²) in [5.41, 5.74) is 4.67. The van der Waals surface area contributed by atoms with E-state index >= 15 is 0 Å². The van der Waals surface area contributed by atoms with E-state index in [2.05, 4.69) is 9.97 Å². The molecular formula is C25H33N4O4+. The van der Waals surface area contributed by atoms with E-state index in [4.69, 9.17) is 10.5 Å². The number of amides is 1. The molecule has 4 rings (SSSR count). The highest BCUT2D eigenvalue weighted by molar-refractivity contribution is 5.82. The molecule has 2 heterocycles. The van der Waals surface area contributed by atoms with E-state index in [0.29, 0.717) is 30.9 Å². The molecule has 2 aromatic rings. The molecule has 1 aromatic carbocycles. The SMILES string of the molecule is C[N+]1(C(C(N)=O)c2ncccn2)CCC[C@@H](OC(=O)C(O)(c2ccccc2)C2CCCC2)C1. The first-order valence-corrected chi connectivity index (χ1v) is 11.7. The van der Waals surface area contributed by atoms with Crippen molar-refractivity contribution in [1.82, 2.24) is 9.97 Å². The highest BCUT2D eigenvalue weighted by Crippen LogP contribution is 2.42. The Morgan fingerprint density at radius 2 is 1.76 bits per heavy atom. The number of nitrogens with two attached hydrogens (primary N) is 1. The van der Waals surface area contributed by atoms with E-state index in [1.54, 1.807) is 30.6 Å². The van der Waals surface area contributed by atoms with Gasteiger partial charge in [0.05, 0.1) is 13.6 Å². The van der Waals surface area contributed by atoms with Crippen LogP contribution in [-0.4, -0.2) is 57.7 Å². The maximum Gasteiger partial charge on any atom is 0.343 e. The van der Waals surface area contributed by atoms with Crippen LogP contribution in [0.5, 0.6) is 0 Å². The average molecular weight is 454 g/mol. The lowest BCUT2D eigenvalue weighted by Gasteiger charge is -2.44. The van der Waals surface area contributed by atoms with Crippen molar-refractivity contribution < 1.29 is 23.9 Å². The number of carbonyl (C=O) groups is 2. The number of quaternary nitrogens is 1. The molecule has 1 saturated heterocycles. The van der Waals surface area contributed by atoms with Gasteiger partial charge < -0.3 is 20.1 Å². The Kier molecular flexibility index (Phi) is 6.76. The zero-order valence-electron chi connectivity index (χ0n) is 19.1. The monoisotopic (exact) mass is 453 g/mol. The van der Waals surface area contributed by atoms with Gasteiger partial charge in [-0.1, -0.05) is 43.2 Å². The van der Waals surface area contributed by atoms with E-state index in [-0.39, 0.29) is 10.4 Å². The molecule has 2 aliphatic rings. The van der Waals surface area contributed by atoms with Crippen molar-refractivity contribution in [2.75, 3.05) is 20.1 Å². The van der Waals surface area contributed by atoms with Crippen molar-refractivity contribution >= 4 is 11.9 Å². The molecule has 4 atom stereocenters. The van der Waals surface area contributed by atoms with E-state index < -0.39 is 29.6 Å². The van der Waals surface area contributed by atoms with Crippen LogP contribution in [0.1, 0.15) is 56.0 Å². The Balaban J connectivity index is 1.56. The fourth-order valence-corrected chi connectivity index (χ4v) is 5.62. The number of carbonyl (C=O) groups excluding carboxylic acids is 2. The van der Waals surface area contributed by atoms with Gasteiger partial charge in [0.25, 0.3) is 5.91 Å². The van der Waals surface area contributed by atoms with E-state index in [0.717, 1.165) is 32.1 Å². The number of nitrogens with zero attached hydrogens (tertiary/aromatic N) is 3. The van der Waals surface area contributed by atoms with E-state index in [1.165, 1.54) is 0 Å². The van der Waals surface area contributed by atoms with Gasteiger partial charge in [-0.05, 0) is 30.9 Å². The molecule has 2 fully saturated rings.